The summed E-state index contributed by atoms with van der Waals surface area (Å²) in [6.45, 7) is 1.69. The third-order valence-corrected chi connectivity index (χ3v) is 5.03. The second kappa shape index (κ2) is 7.49. The van der Waals surface area contributed by atoms with Crippen LogP contribution in [-0.2, 0) is 9.59 Å². The van der Waals surface area contributed by atoms with E-state index in [0.29, 0.717) is 36.3 Å². The van der Waals surface area contributed by atoms with E-state index in [-0.39, 0.29) is 22.8 Å². The molecule has 1 saturated carbocycles. The zero-order chi connectivity index (χ0) is 17.1. The number of rotatable bonds is 4. The molecule has 0 aliphatic heterocycles. The van der Waals surface area contributed by atoms with Crippen LogP contribution in [0.15, 0.2) is 12.1 Å². The molecule has 4 nitrogen and oxygen atoms in total. The van der Waals surface area contributed by atoms with Gasteiger partial charge < -0.3 is 10.4 Å². The first-order chi connectivity index (χ1) is 10.8. The van der Waals surface area contributed by atoms with Gasteiger partial charge in [-0.2, -0.15) is 0 Å². The number of carbonyl (C=O) groups excluding carboxylic acids is 1. The molecule has 1 atom stereocenters. The molecule has 1 amide bonds. The Morgan fingerprint density at radius 1 is 1.22 bits per heavy atom. The number of hydrogen-bond donors (Lipinski definition) is 2. The fourth-order valence-corrected chi connectivity index (χ4v) is 3.64. The molecule has 0 aromatic heterocycles. The minimum atomic E-state index is -0.810. The molecule has 0 bridgehead atoms. The number of carbonyl (C=O) groups is 2. The van der Waals surface area contributed by atoms with E-state index in [1.807, 2.05) is 0 Å². The summed E-state index contributed by atoms with van der Waals surface area (Å²) in [5, 5.41) is 12.0. The van der Waals surface area contributed by atoms with Crippen LogP contribution < -0.4 is 5.32 Å². The standard InChI is InChI=1S/C16H18Cl2FNO3/c1-8(13-11(17)6-7-12(19)14(13)18)20-15(21)9-2-4-10(5-3-9)16(22)23/h6-10H,2-5H2,1H3,(H,20,21)(H,22,23). The quantitative estimate of drug-likeness (QED) is 0.789. The third-order valence-electron chi connectivity index (χ3n) is 4.32. The summed E-state index contributed by atoms with van der Waals surface area (Å²) < 4.78 is 13.6. The van der Waals surface area contributed by atoms with E-state index in [2.05, 4.69) is 5.32 Å². The van der Waals surface area contributed by atoms with E-state index >= 15 is 0 Å². The Balaban J connectivity index is 2.01. The van der Waals surface area contributed by atoms with Crippen molar-refractivity contribution < 1.29 is 19.1 Å². The first kappa shape index (κ1) is 18.0. The molecule has 23 heavy (non-hydrogen) atoms. The Morgan fingerprint density at radius 3 is 2.35 bits per heavy atom. The summed E-state index contributed by atoms with van der Waals surface area (Å²) in [5.74, 6) is -2.19. The van der Waals surface area contributed by atoms with Crippen molar-refractivity contribution in [2.75, 3.05) is 0 Å². The Morgan fingerprint density at radius 2 is 1.78 bits per heavy atom. The largest absolute Gasteiger partial charge is 0.481 e. The highest BCUT2D eigenvalue weighted by atomic mass is 35.5. The van der Waals surface area contributed by atoms with Crippen LogP contribution in [0.3, 0.4) is 0 Å². The average molecular weight is 362 g/mol. The molecule has 1 aliphatic carbocycles. The molecule has 0 spiro atoms. The van der Waals surface area contributed by atoms with E-state index in [1.54, 1.807) is 6.92 Å². The molecule has 2 rings (SSSR count). The van der Waals surface area contributed by atoms with E-state index in [0.717, 1.165) is 0 Å². The lowest BCUT2D eigenvalue weighted by molar-refractivity contribution is -0.144. The van der Waals surface area contributed by atoms with Crippen molar-refractivity contribution >= 4 is 35.1 Å². The SMILES string of the molecule is CC(NC(=O)C1CCC(C(=O)O)CC1)c1c(Cl)ccc(F)c1Cl. The number of hydrogen-bond acceptors (Lipinski definition) is 2. The first-order valence-electron chi connectivity index (χ1n) is 7.47. The number of benzene rings is 1. The van der Waals surface area contributed by atoms with Crippen molar-refractivity contribution in [2.24, 2.45) is 11.8 Å². The van der Waals surface area contributed by atoms with Gasteiger partial charge in [0, 0.05) is 16.5 Å². The summed E-state index contributed by atoms with van der Waals surface area (Å²) in [7, 11) is 0. The first-order valence-corrected chi connectivity index (χ1v) is 8.23. The van der Waals surface area contributed by atoms with Gasteiger partial charge in [0.2, 0.25) is 5.91 Å². The number of halogens is 3. The molecule has 0 saturated heterocycles. The zero-order valence-electron chi connectivity index (χ0n) is 12.6. The highest BCUT2D eigenvalue weighted by Gasteiger charge is 2.30. The Hall–Kier alpha value is -1.33. The molecular formula is C16H18Cl2FNO3. The fraction of sp³-hybridized carbons (Fsp3) is 0.500. The van der Waals surface area contributed by atoms with Gasteiger partial charge in [-0.3, -0.25) is 9.59 Å². The summed E-state index contributed by atoms with van der Waals surface area (Å²) in [4.78, 5) is 23.3. The smallest absolute Gasteiger partial charge is 0.306 e. The predicted octanol–water partition coefficient (Wildman–Crippen LogP) is 4.20. The van der Waals surface area contributed by atoms with Crippen LogP contribution in [-0.4, -0.2) is 17.0 Å². The van der Waals surface area contributed by atoms with E-state index in [9.17, 15) is 14.0 Å². The molecule has 1 aromatic rings. The summed E-state index contributed by atoms with van der Waals surface area (Å²) in [6.07, 6.45) is 2.03. The lowest BCUT2D eigenvalue weighted by atomic mass is 9.81. The number of nitrogens with one attached hydrogen (secondary N) is 1. The summed E-state index contributed by atoms with van der Waals surface area (Å²) in [5.41, 5.74) is 0.348. The van der Waals surface area contributed by atoms with Crippen molar-refractivity contribution in [3.8, 4) is 0 Å². The maximum atomic E-state index is 13.6. The summed E-state index contributed by atoms with van der Waals surface area (Å²) >= 11 is 12.0. The monoisotopic (exact) mass is 361 g/mol. The van der Waals surface area contributed by atoms with Crippen LogP contribution in [0.4, 0.5) is 4.39 Å². The number of carboxylic acid groups (broad SMARTS) is 1. The fourth-order valence-electron chi connectivity index (χ4n) is 2.95. The number of amides is 1. The summed E-state index contributed by atoms with van der Waals surface area (Å²) in [6, 6.07) is 2.05. The Bertz CT molecular complexity index is 616. The van der Waals surface area contributed by atoms with E-state index < -0.39 is 17.8 Å². The molecule has 0 radical (unpaired) electrons. The third kappa shape index (κ3) is 4.15. The Kier molecular flexibility index (Phi) is 5.87. The normalized spacial score (nSPS) is 22.4. The van der Waals surface area contributed by atoms with E-state index in [1.165, 1.54) is 12.1 Å². The zero-order valence-corrected chi connectivity index (χ0v) is 14.1. The second-order valence-corrected chi connectivity index (χ2v) is 6.66. The van der Waals surface area contributed by atoms with E-state index in [4.69, 9.17) is 28.3 Å². The van der Waals surface area contributed by atoms with Crippen LogP contribution in [0.1, 0.15) is 44.2 Å². The van der Waals surface area contributed by atoms with Crippen LogP contribution in [0.2, 0.25) is 10.0 Å². The second-order valence-electron chi connectivity index (χ2n) is 5.87. The van der Waals surface area contributed by atoms with Gasteiger partial charge >= 0.3 is 5.97 Å². The van der Waals surface area contributed by atoms with Crippen LogP contribution in [0.25, 0.3) is 0 Å². The number of aliphatic carboxylic acids is 1. The maximum Gasteiger partial charge on any atom is 0.306 e. The average Bonchev–Trinajstić information content (AvgIpc) is 2.51. The van der Waals surface area contributed by atoms with Crippen molar-refractivity contribution in [3.05, 3.63) is 33.6 Å². The predicted molar refractivity (Wildman–Crippen MR) is 86.1 cm³/mol. The molecule has 0 heterocycles. The van der Waals surface area contributed by atoms with Gasteiger partial charge in [-0.1, -0.05) is 23.2 Å². The Labute approximate surface area is 144 Å². The molecular weight excluding hydrogens is 344 g/mol. The molecule has 1 aromatic carbocycles. The van der Waals surface area contributed by atoms with Crippen molar-refractivity contribution in [2.45, 2.75) is 38.6 Å². The van der Waals surface area contributed by atoms with Gasteiger partial charge in [0.05, 0.1) is 17.0 Å². The van der Waals surface area contributed by atoms with Gasteiger partial charge in [0.15, 0.2) is 0 Å². The van der Waals surface area contributed by atoms with Gasteiger partial charge in [-0.05, 0) is 44.7 Å². The minimum absolute atomic E-state index is 0.0973. The van der Waals surface area contributed by atoms with Crippen molar-refractivity contribution in [3.63, 3.8) is 0 Å². The molecule has 126 valence electrons. The van der Waals surface area contributed by atoms with Crippen molar-refractivity contribution in [1.82, 2.24) is 5.32 Å². The van der Waals surface area contributed by atoms with Gasteiger partial charge in [0.25, 0.3) is 0 Å². The topological polar surface area (TPSA) is 66.4 Å². The highest BCUT2D eigenvalue weighted by molar-refractivity contribution is 6.36. The van der Waals surface area contributed by atoms with Gasteiger partial charge in [0.1, 0.15) is 5.82 Å². The maximum absolute atomic E-state index is 13.6. The lowest BCUT2D eigenvalue weighted by Crippen LogP contribution is -2.36. The van der Waals surface area contributed by atoms with Crippen molar-refractivity contribution in [1.29, 1.82) is 0 Å². The van der Waals surface area contributed by atoms with Crippen LogP contribution in [0.5, 0.6) is 0 Å². The number of carboxylic acids is 1. The lowest BCUT2D eigenvalue weighted by Gasteiger charge is -2.27. The van der Waals surface area contributed by atoms with Crippen LogP contribution >= 0.6 is 23.2 Å². The van der Waals surface area contributed by atoms with Gasteiger partial charge in [-0.15, -0.1) is 0 Å². The molecule has 2 N–H and O–H groups in total. The van der Waals surface area contributed by atoms with Gasteiger partial charge in [-0.25, -0.2) is 4.39 Å². The molecule has 1 fully saturated rings. The van der Waals surface area contributed by atoms with Crippen LogP contribution in [0, 0.1) is 17.7 Å². The minimum Gasteiger partial charge on any atom is -0.481 e. The molecule has 7 heteroatoms. The molecule has 1 unspecified atom stereocenters. The molecule has 1 aliphatic rings. The highest BCUT2D eigenvalue weighted by Crippen LogP contribution is 2.34.